The van der Waals surface area contributed by atoms with Crippen LogP contribution in [0.1, 0.15) is 18.4 Å². The molecule has 0 bridgehead atoms. The largest absolute Gasteiger partial charge is 0.497 e. The van der Waals surface area contributed by atoms with Crippen molar-refractivity contribution in [3.63, 3.8) is 0 Å². The average Bonchev–Trinajstić information content (AvgIpc) is 3.13. The molecule has 0 atom stereocenters. The average molecular weight is 264 g/mol. The molecule has 2 rings (SSSR count). The van der Waals surface area contributed by atoms with Gasteiger partial charge in [-0.25, -0.2) is 0 Å². The minimum Gasteiger partial charge on any atom is -0.497 e. The molecule has 0 saturated heterocycles. The first-order valence-electron chi connectivity index (χ1n) is 6.75. The predicted molar refractivity (Wildman–Crippen MR) is 76.9 cm³/mol. The summed E-state index contributed by atoms with van der Waals surface area (Å²) < 4.78 is 10.6. The maximum Gasteiger partial charge on any atom is 0.125 e. The number of nitrogens with zero attached hydrogens (tertiary/aromatic N) is 1. The Balaban J connectivity index is 1.91. The fourth-order valence-electron chi connectivity index (χ4n) is 2.30. The lowest BCUT2D eigenvalue weighted by atomic mass is 10.1. The van der Waals surface area contributed by atoms with Crippen molar-refractivity contribution in [2.45, 2.75) is 24.8 Å². The van der Waals surface area contributed by atoms with Crippen LogP contribution in [-0.2, 0) is 6.42 Å². The molecule has 0 heterocycles. The summed E-state index contributed by atoms with van der Waals surface area (Å²) in [7, 11) is 5.49. The fraction of sp³-hybridized carbons (Fsp3) is 0.600. The first kappa shape index (κ1) is 14.2. The number of rotatable bonds is 7. The molecule has 1 fully saturated rings. The van der Waals surface area contributed by atoms with Gasteiger partial charge in [0.2, 0.25) is 0 Å². The third-order valence-electron chi connectivity index (χ3n) is 3.73. The Hall–Kier alpha value is -1.26. The summed E-state index contributed by atoms with van der Waals surface area (Å²) >= 11 is 0. The summed E-state index contributed by atoms with van der Waals surface area (Å²) in [5, 5.41) is 0. The van der Waals surface area contributed by atoms with E-state index in [-0.39, 0.29) is 5.54 Å². The van der Waals surface area contributed by atoms with Gasteiger partial charge in [-0.3, -0.25) is 0 Å². The second-order valence-corrected chi connectivity index (χ2v) is 5.53. The number of hydrogen-bond donors (Lipinski definition) is 1. The molecule has 1 aliphatic carbocycles. The lowest BCUT2D eigenvalue weighted by molar-refractivity contribution is 0.304. The zero-order valence-corrected chi connectivity index (χ0v) is 12.1. The van der Waals surface area contributed by atoms with Gasteiger partial charge in [-0.05, 0) is 37.9 Å². The Bertz CT molecular complexity index is 430. The zero-order valence-electron chi connectivity index (χ0n) is 12.1. The van der Waals surface area contributed by atoms with Gasteiger partial charge in [0.1, 0.15) is 11.5 Å². The molecule has 1 saturated carbocycles. The van der Waals surface area contributed by atoms with Gasteiger partial charge in [0, 0.05) is 24.7 Å². The number of ether oxygens (including phenoxy) is 2. The number of nitrogens with two attached hydrogens (primary N) is 1. The predicted octanol–water partition coefficient (Wildman–Crippen LogP) is 1.67. The van der Waals surface area contributed by atoms with E-state index in [0.717, 1.165) is 43.9 Å². The van der Waals surface area contributed by atoms with Crippen LogP contribution in [0.5, 0.6) is 11.5 Å². The van der Waals surface area contributed by atoms with E-state index in [9.17, 15) is 0 Å². The lowest BCUT2D eigenvalue weighted by Crippen LogP contribution is -2.38. The molecule has 1 aromatic rings. The summed E-state index contributed by atoms with van der Waals surface area (Å²) in [6.45, 7) is 1.97. The maximum atomic E-state index is 6.13. The molecule has 1 aliphatic rings. The van der Waals surface area contributed by atoms with Crippen LogP contribution in [-0.4, -0.2) is 44.8 Å². The monoisotopic (exact) mass is 264 g/mol. The normalized spacial score (nSPS) is 16.5. The minimum atomic E-state index is 0.0821. The minimum absolute atomic E-state index is 0.0821. The molecule has 0 radical (unpaired) electrons. The van der Waals surface area contributed by atoms with E-state index in [4.69, 9.17) is 15.2 Å². The van der Waals surface area contributed by atoms with Gasteiger partial charge >= 0.3 is 0 Å². The van der Waals surface area contributed by atoms with Crippen LogP contribution in [0.4, 0.5) is 0 Å². The van der Waals surface area contributed by atoms with Gasteiger partial charge in [0.05, 0.1) is 14.2 Å². The Kier molecular flexibility index (Phi) is 4.32. The van der Waals surface area contributed by atoms with Gasteiger partial charge < -0.3 is 20.1 Å². The van der Waals surface area contributed by atoms with E-state index in [1.807, 2.05) is 12.1 Å². The lowest BCUT2D eigenvalue weighted by Gasteiger charge is -2.21. The summed E-state index contributed by atoms with van der Waals surface area (Å²) in [4.78, 5) is 2.30. The van der Waals surface area contributed by atoms with E-state index in [0.29, 0.717) is 0 Å². The van der Waals surface area contributed by atoms with Crippen LogP contribution in [0, 0.1) is 0 Å². The van der Waals surface area contributed by atoms with E-state index < -0.39 is 0 Å². The van der Waals surface area contributed by atoms with Crippen molar-refractivity contribution in [2.75, 3.05) is 34.4 Å². The molecule has 0 unspecified atom stereocenters. The summed E-state index contributed by atoms with van der Waals surface area (Å²) in [5.74, 6) is 1.72. The SMILES string of the molecule is COc1ccc(CCN(C)CC2(N)CC2)c(OC)c1. The van der Waals surface area contributed by atoms with Crippen LogP contribution < -0.4 is 15.2 Å². The van der Waals surface area contributed by atoms with Crippen molar-refractivity contribution in [3.05, 3.63) is 23.8 Å². The molecule has 19 heavy (non-hydrogen) atoms. The van der Waals surface area contributed by atoms with Crippen LogP contribution in [0.15, 0.2) is 18.2 Å². The zero-order chi connectivity index (χ0) is 13.9. The van der Waals surface area contributed by atoms with Crippen molar-refractivity contribution in [1.82, 2.24) is 4.90 Å². The van der Waals surface area contributed by atoms with Crippen LogP contribution in [0.2, 0.25) is 0 Å². The second-order valence-electron chi connectivity index (χ2n) is 5.53. The highest BCUT2D eigenvalue weighted by Gasteiger charge is 2.38. The van der Waals surface area contributed by atoms with Crippen molar-refractivity contribution in [2.24, 2.45) is 5.73 Å². The van der Waals surface area contributed by atoms with E-state index in [2.05, 4.69) is 18.0 Å². The Labute approximate surface area is 115 Å². The van der Waals surface area contributed by atoms with Crippen molar-refractivity contribution in [1.29, 1.82) is 0 Å². The van der Waals surface area contributed by atoms with E-state index in [1.165, 1.54) is 5.56 Å². The van der Waals surface area contributed by atoms with Gasteiger partial charge in [0.15, 0.2) is 0 Å². The van der Waals surface area contributed by atoms with Crippen LogP contribution in [0.25, 0.3) is 0 Å². The van der Waals surface area contributed by atoms with Crippen LogP contribution >= 0.6 is 0 Å². The van der Waals surface area contributed by atoms with Crippen molar-refractivity contribution in [3.8, 4) is 11.5 Å². The highest BCUT2D eigenvalue weighted by Crippen LogP contribution is 2.32. The summed E-state index contributed by atoms with van der Waals surface area (Å²) in [5.41, 5.74) is 7.42. The molecule has 1 aromatic carbocycles. The molecule has 106 valence electrons. The molecular weight excluding hydrogens is 240 g/mol. The van der Waals surface area contributed by atoms with Gasteiger partial charge in [-0.15, -0.1) is 0 Å². The Morgan fingerprint density at radius 3 is 2.58 bits per heavy atom. The molecule has 2 N–H and O–H groups in total. The Morgan fingerprint density at radius 2 is 2.00 bits per heavy atom. The summed E-state index contributed by atoms with van der Waals surface area (Å²) in [6, 6.07) is 5.98. The van der Waals surface area contributed by atoms with E-state index >= 15 is 0 Å². The first-order chi connectivity index (χ1) is 9.06. The number of benzene rings is 1. The highest BCUT2D eigenvalue weighted by atomic mass is 16.5. The van der Waals surface area contributed by atoms with E-state index in [1.54, 1.807) is 14.2 Å². The summed E-state index contributed by atoms with van der Waals surface area (Å²) in [6.07, 6.45) is 3.27. The number of hydrogen-bond acceptors (Lipinski definition) is 4. The second kappa shape index (κ2) is 5.80. The first-order valence-corrected chi connectivity index (χ1v) is 6.75. The molecule has 4 heteroatoms. The van der Waals surface area contributed by atoms with Gasteiger partial charge in [-0.2, -0.15) is 0 Å². The maximum absolute atomic E-state index is 6.13. The number of methoxy groups -OCH3 is 2. The molecule has 0 amide bonds. The smallest absolute Gasteiger partial charge is 0.125 e. The van der Waals surface area contributed by atoms with Gasteiger partial charge in [0.25, 0.3) is 0 Å². The molecule has 4 nitrogen and oxygen atoms in total. The Morgan fingerprint density at radius 1 is 1.26 bits per heavy atom. The van der Waals surface area contributed by atoms with Crippen molar-refractivity contribution < 1.29 is 9.47 Å². The third-order valence-corrected chi connectivity index (χ3v) is 3.73. The van der Waals surface area contributed by atoms with Gasteiger partial charge in [-0.1, -0.05) is 6.07 Å². The third kappa shape index (κ3) is 3.85. The molecule has 0 aliphatic heterocycles. The molecular formula is C15H24N2O2. The molecule has 0 aromatic heterocycles. The molecule has 0 spiro atoms. The van der Waals surface area contributed by atoms with Crippen molar-refractivity contribution >= 4 is 0 Å². The fourth-order valence-corrected chi connectivity index (χ4v) is 2.30. The quantitative estimate of drug-likeness (QED) is 0.814. The van der Waals surface area contributed by atoms with Crippen LogP contribution in [0.3, 0.4) is 0 Å². The number of likely N-dealkylation sites (N-methyl/N-ethyl adjacent to an activating group) is 1. The topological polar surface area (TPSA) is 47.7 Å². The highest BCUT2D eigenvalue weighted by molar-refractivity contribution is 5.40. The standard InChI is InChI=1S/C15H24N2O2/c1-17(11-15(16)7-8-15)9-6-12-4-5-13(18-2)10-14(12)19-3/h4-5,10H,6-9,11,16H2,1-3H3.